The maximum Gasteiger partial charge on any atom is 0.257 e. The lowest BCUT2D eigenvalue weighted by molar-refractivity contribution is 0.0686. The van der Waals surface area contributed by atoms with Crippen LogP contribution in [0.4, 0.5) is 0 Å². The molecule has 2 aromatic rings. The maximum absolute atomic E-state index is 13.0. The quantitative estimate of drug-likeness (QED) is 0.811. The first-order valence-corrected chi connectivity index (χ1v) is 9.39. The smallest absolute Gasteiger partial charge is 0.257 e. The molecule has 146 valence electrons. The van der Waals surface area contributed by atoms with Gasteiger partial charge >= 0.3 is 0 Å². The van der Waals surface area contributed by atoms with Crippen molar-refractivity contribution >= 4 is 18.3 Å². The molecule has 27 heavy (non-hydrogen) atoms. The molecule has 0 unspecified atom stereocenters. The number of rotatable bonds is 6. The number of nitrogens with one attached hydrogen (secondary N) is 1. The predicted molar refractivity (Wildman–Crippen MR) is 112 cm³/mol. The highest BCUT2D eigenvalue weighted by Crippen LogP contribution is 2.24. The summed E-state index contributed by atoms with van der Waals surface area (Å²) >= 11 is 0. The summed E-state index contributed by atoms with van der Waals surface area (Å²) in [5.74, 6) is 1.41. The Hall–Kier alpha value is -2.04. The van der Waals surface area contributed by atoms with Gasteiger partial charge in [-0.1, -0.05) is 36.4 Å². The van der Waals surface area contributed by atoms with Crippen molar-refractivity contribution in [2.75, 3.05) is 26.7 Å². The van der Waals surface area contributed by atoms with E-state index in [-0.39, 0.29) is 18.3 Å². The fourth-order valence-corrected chi connectivity index (χ4v) is 3.50. The van der Waals surface area contributed by atoms with Crippen LogP contribution in [-0.4, -0.2) is 37.5 Å². The number of likely N-dealkylation sites (tertiary alicyclic amines) is 1. The Morgan fingerprint density at radius 1 is 1.11 bits per heavy atom. The number of halogens is 1. The third-order valence-electron chi connectivity index (χ3n) is 5.16. The number of aryl methyl sites for hydroxylation is 1. The Balaban J connectivity index is 0.00000261. The van der Waals surface area contributed by atoms with Crippen molar-refractivity contribution in [3.8, 4) is 5.75 Å². The summed E-state index contributed by atoms with van der Waals surface area (Å²) in [6.07, 6.45) is 2.11. The van der Waals surface area contributed by atoms with E-state index < -0.39 is 0 Å². The van der Waals surface area contributed by atoms with E-state index in [0.717, 1.165) is 38.0 Å². The monoisotopic (exact) mass is 388 g/mol. The minimum Gasteiger partial charge on any atom is -0.488 e. The zero-order valence-corrected chi connectivity index (χ0v) is 16.9. The number of para-hydroxylation sites is 1. The average Bonchev–Trinajstić information content (AvgIpc) is 2.68. The van der Waals surface area contributed by atoms with Crippen molar-refractivity contribution in [2.24, 2.45) is 5.92 Å². The molecule has 5 heteroatoms. The van der Waals surface area contributed by atoms with Gasteiger partial charge in [0.15, 0.2) is 0 Å². The molecule has 1 amide bonds. The van der Waals surface area contributed by atoms with Crippen molar-refractivity contribution in [1.29, 1.82) is 0 Å². The molecule has 2 aromatic carbocycles. The minimum atomic E-state index is 0. The first-order chi connectivity index (χ1) is 12.7. The van der Waals surface area contributed by atoms with Gasteiger partial charge in [0.05, 0.1) is 5.56 Å². The molecule has 4 nitrogen and oxygen atoms in total. The highest BCUT2D eigenvalue weighted by Gasteiger charge is 2.25. The van der Waals surface area contributed by atoms with Gasteiger partial charge in [-0.2, -0.15) is 0 Å². The number of carbonyl (C=O) groups is 1. The van der Waals surface area contributed by atoms with Crippen LogP contribution in [0.25, 0.3) is 0 Å². The second kappa shape index (κ2) is 10.3. The zero-order valence-electron chi connectivity index (χ0n) is 16.1. The van der Waals surface area contributed by atoms with Crippen LogP contribution in [0.3, 0.4) is 0 Å². The summed E-state index contributed by atoms with van der Waals surface area (Å²) in [5.41, 5.74) is 3.00. The average molecular weight is 389 g/mol. The normalized spacial score (nSPS) is 14.5. The lowest BCUT2D eigenvalue weighted by Gasteiger charge is -2.32. The molecule has 1 fully saturated rings. The topological polar surface area (TPSA) is 41.6 Å². The number of nitrogens with zero attached hydrogens (tertiary/aromatic N) is 1. The zero-order chi connectivity index (χ0) is 18.4. The van der Waals surface area contributed by atoms with Gasteiger partial charge in [0.2, 0.25) is 0 Å². The van der Waals surface area contributed by atoms with Crippen LogP contribution in [0.15, 0.2) is 48.5 Å². The minimum absolute atomic E-state index is 0. The van der Waals surface area contributed by atoms with Crippen molar-refractivity contribution in [2.45, 2.75) is 26.4 Å². The summed E-state index contributed by atoms with van der Waals surface area (Å²) < 4.78 is 6.02. The maximum atomic E-state index is 13.0. The summed E-state index contributed by atoms with van der Waals surface area (Å²) in [6.45, 7) is 5.21. The number of hydrogen-bond donors (Lipinski definition) is 1. The molecule has 1 aliphatic rings. The Bertz CT molecular complexity index is 743. The molecular formula is C22H29ClN2O2. The van der Waals surface area contributed by atoms with Gasteiger partial charge in [0.1, 0.15) is 12.4 Å². The van der Waals surface area contributed by atoms with Crippen LogP contribution in [-0.2, 0) is 6.61 Å². The second-order valence-corrected chi connectivity index (χ2v) is 7.00. The fourth-order valence-electron chi connectivity index (χ4n) is 3.50. The first-order valence-electron chi connectivity index (χ1n) is 9.39. The van der Waals surface area contributed by atoms with Gasteiger partial charge < -0.3 is 15.0 Å². The van der Waals surface area contributed by atoms with Crippen molar-refractivity contribution in [1.82, 2.24) is 10.2 Å². The molecule has 1 N–H and O–H groups in total. The second-order valence-electron chi connectivity index (χ2n) is 7.00. The molecule has 0 aliphatic carbocycles. The van der Waals surface area contributed by atoms with Crippen LogP contribution in [0, 0.1) is 12.8 Å². The van der Waals surface area contributed by atoms with E-state index >= 15 is 0 Å². The standard InChI is InChI=1S/C22H28N2O2.ClH/c1-17-7-3-4-8-19(17)16-26-21-10-6-5-9-20(21)22(25)24-13-11-18(12-14-24)15-23-2;/h3-10,18,23H,11-16H2,1-2H3;1H. The SMILES string of the molecule is CNCC1CCN(C(=O)c2ccccc2OCc2ccccc2C)CC1.Cl. The lowest BCUT2D eigenvalue weighted by atomic mass is 9.96. The fraction of sp³-hybridized carbons (Fsp3) is 0.409. The molecule has 0 radical (unpaired) electrons. The Labute approximate surface area is 168 Å². The molecule has 3 rings (SSSR count). The highest BCUT2D eigenvalue weighted by molar-refractivity contribution is 5.97. The van der Waals surface area contributed by atoms with Gasteiger partial charge in [-0.25, -0.2) is 0 Å². The molecule has 0 atom stereocenters. The molecule has 0 spiro atoms. The van der Waals surface area contributed by atoms with Crippen LogP contribution in [0.1, 0.15) is 34.3 Å². The van der Waals surface area contributed by atoms with Gasteiger partial charge in [-0.15, -0.1) is 12.4 Å². The number of ether oxygens (including phenoxy) is 1. The van der Waals surface area contributed by atoms with Crippen molar-refractivity contribution in [3.05, 3.63) is 65.2 Å². The van der Waals surface area contributed by atoms with Crippen molar-refractivity contribution < 1.29 is 9.53 Å². The third-order valence-corrected chi connectivity index (χ3v) is 5.16. The van der Waals surface area contributed by atoms with Gasteiger partial charge in [0, 0.05) is 13.1 Å². The van der Waals surface area contributed by atoms with Crippen LogP contribution < -0.4 is 10.1 Å². The van der Waals surface area contributed by atoms with E-state index in [0.29, 0.717) is 23.8 Å². The lowest BCUT2D eigenvalue weighted by Crippen LogP contribution is -2.40. The molecule has 1 aliphatic heterocycles. The Morgan fingerprint density at radius 2 is 1.78 bits per heavy atom. The van der Waals surface area contributed by atoms with Crippen molar-refractivity contribution in [3.63, 3.8) is 0 Å². The predicted octanol–water partition coefficient (Wildman–Crippen LogP) is 4.07. The van der Waals surface area contributed by atoms with E-state index in [9.17, 15) is 4.79 Å². The molecule has 0 aromatic heterocycles. The highest BCUT2D eigenvalue weighted by atomic mass is 35.5. The molecule has 1 heterocycles. The van der Waals surface area contributed by atoms with E-state index in [1.807, 2.05) is 48.3 Å². The van der Waals surface area contributed by atoms with E-state index in [4.69, 9.17) is 4.74 Å². The van der Waals surface area contributed by atoms with Gasteiger partial charge in [0.25, 0.3) is 5.91 Å². The number of benzene rings is 2. The van der Waals surface area contributed by atoms with Crippen LogP contribution in [0.5, 0.6) is 5.75 Å². The number of carbonyl (C=O) groups excluding carboxylic acids is 1. The van der Waals surface area contributed by atoms with Crippen LogP contribution >= 0.6 is 12.4 Å². The van der Waals surface area contributed by atoms with E-state index in [2.05, 4.69) is 24.4 Å². The summed E-state index contributed by atoms with van der Waals surface area (Å²) in [6, 6.07) is 15.8. The molecular weight excluding hydrogens is 360 g/mol. The number of piperidine rings is 1. The summed E-state index contributed by atoms with van der Waals surface area (Å²) in [5, 5.41) is 3.24. The van der Waals surface area contributed by atoms with E-state index in [1.54, 1.807) is 0 Å². The van der Waals surface area contributed by atoms with Crippen LogP contribution in [0.2, 0.25) is 0 Å². The Kier molecular flexibility index (Phi) is 8.14. The van der Waals surface area contributed by atoms with Gasteiger partial charge in [-0.05, 0) is 62.5 Å². The van der Waals surface area contributed by atoms with Gasteiger partial charge in [-0.3, -0.25) is 4.79 Å². The van der Waals surface area contributed by atoms with E-state index in [1.165, 1.54) is 5.56 Å². The summed E-state index contributed by atoms with van der Waals surface area (Å²) in [4.78, 5) is 15.0. The largest absolute Gasteiger partial charge is 0.488 e. The first kappa shape index (κ1) is 21.3. The molecule has 0 saturated carbocycles. The number of hydrogen-bond acceptors (Lipinski definition) is 3. The summed E-state index contributed by atoms with van der Waals surface area (Å²) in [7, 11) is 1.99. The molecule has 0 bridgehead atoms. The Morgan fingerprint density at radius 3 is 2.48 bits per heavy atom. The number of amides is 1. The molecule has 1 saturated heterocycles. The third kappa shape index (κ3) is 5.47.